The molecule has 1 heterocycles. The molecule has 2 aromatic rings. The zero-order valence-corrected chi connectivity index (χ0v) is 12.4. The molecule has 5 heteroatoms. The smallest absolute Gasteiger partial charge is 0.188 e. The average molecular weight is 287 g/mol. The Balaban J connectivity index is 1.81. The van der Waals surface area contributed by atoms with Crippen LogP contribution in [0.1, 0.15) is 22.9 Å². The van der Waals surface area contributed by atoms with Gasteiger partial charge >= 0.3 is 0 Å². The minimum atomic E-state index is -0.00536. The molecule has 0 fully saturated rings. The lowest BCUT2D eigenvalue weighted by Gasteiger charge is -2.14. The third-order valence-electron chi connectivity index (χ3n) is 3.56. The zero-order valence-electron chi connectivity index (χ0n) is 11.5. The van der Waals surface area contributed by atoms with Crippen LogP contribution in [0, 0.1) is 6.92 Å². The summed E-state index contributed by atoms with van der Waals surface area (Å²) in [7, 11) is 1.68. The van der Waals surface area contributed by atoms with Crippen molar-refractivity contribution >= 4 is 11.8 Å². The molecule has 1 aliphatic rings. The van der Waals surface area contributed by atoms with Gasteiger partial charge in [0, 0.05) is 23.2 Å². The second-order valence-electron chi connectivity index (χ2n) is 4.93. The number of nitrogens with two attached hydrogens (primary N) is 1. The zero-order chi connectivity index (χ0) is 14.1. The highest BCUT2D eigenvalue weighted by atomic mass is 32.2. The number of benzene rings is 1. The van der Waals surface area contributed by atoms with Gasteiger partial charge in [0.15, 0.2) is 5.16 Å². The first-order chi connectivity index (χ1) is 9.67. The van der Waals surface area contributed by atoms with Crippen LogP contribution < -0.4 is 10.5 Å². The monoisotopic (exact) mass is 287 g/mol. The first kappa shape index (κ1) is 13.4. The lowest BCUT2D eigenvalue weighted by Crippen LogP contribution is -2.19. The fourth-order valence-electron chi connectivity index (χ4n) is 2.47. The van der Waals surface area contributed by atoms with Crippen LogP contribution in [-0.2, 0) is 6.42 Å². The topological polar surface area (TPSA) is 61.0 Å². The Hall–Kier alpha value is -1.59. The van der Waals surface area contributed by atoms with Gasteiger partial charge in [0.1, 0.15) is 5.75 Å². The van der Waals surface area contributed by atoms with Gasteiger partial charge in [0.25, 0.3) is 0 Å². The van der Waals surface area contributed by atoms with Gasteiger partial charge in [-0.25, -0.2) is 9.97 Å². The highest BCUT2D eigenvalue weighted by molar-refractivity contribution is 7.99. The number of nitrogens with zero attached hydrogens (tertiary/aromatic N) is 2. The maximum absolute atomic E-state index is 6.37. The third-order valence-corrected chi connectivity index (χ3v) is 4.73. The third kappa shape index (κ3) is 2.51. The molecule has 0 saturated carbocycles. The lowest BCUT2D eigenvalue weighted by molar-refractivity contribution is 0.414. The van der Waals surface area contributed by atoms with E-state index in [4.69, 9.17) is 10.5 Å². The van der Waals surface area contributed by atoms with Crippen molar-refractivity contribution in [3.05, 3.63) is 47.3 Å². The maximum Gasteiger partial charge on any atom is 0.188 e. The Morgan fingerprint density at radius 2 is 2.20 bits per heavy atom. The molecule has 20 heavy (non-hydrogen) atoms. The second-order valence-corrected chi connectivity index (χ2v) is 6.14. The molecule has 3 rings (SSSR count). The van der Waals surface area contributed by atoms with Crippen LogP contribution in [0.25, 0.3) is 0 Å². The predicted molar refractivity (Wildman–Crippen MR) is 80.0 cm³/mol. The molecule has 1 aliphatic carbocycles. The number of aromatic nitrogens is 2. The average Bonchev–Trinajstić information content (AvgIpc) is 2.75. The van der Waals surface area contributed by atoms with Gasteiger partial charge in [0.05, 0.1) is 7.11 Å². The Bertz CT molecular complexity index is 632. The molecule has 2 atom stereocenters. The molecule has 0 radical (unpaired) electrons. The van der Waals surface area contributed by atoms with E-state index in [-0.39, 0.29) is 11.3 Å². The number of fused-ring (bicyclic) bond motifs is 1. The van der Waals surface area contributed by atoms with Crippen molar-refractivity contribution in [3.8, 4) is 5.75 Å². The Kier molecular flexibility index (Phi) is 3.63. The fraction of sp³-hybridized carbons (Fsp3) is 0.333. The Labute approximate surface area is 122 Å². The highest BCUT2D eigenvalue weighted by Crippen LogP contribution is 2.40. The van der Waals surface area contributed by atoms with Gasteiger partial charge in [-0.15, -0.1) is 0 Å². The summed E-state index contributed by atoms with van der Waals surface area (Å²) >= 11 is 1.66. The molecular formula is C15H17N3OS. The first-order valence-corrected chi connectivity index (χ1v) is 7.44. The van der Waals surface area contributed by atoms with Gasteiger partial charge in [-0.2, -0.15) is 0 Å². The van der Waals surface area contributed by atoms with Crippen molar-refractivity contribution in [2.45, 2.75) is 29.8 Å². The molecule has 2 N–H and O–H groups in total. The van der Waals surface area contributed by atoms with Crippen molar-refractivity contribution < 1.29 is 4.74 Å². The van der Waals surface area contributed by atoms with E-state index in [1.807, 2.05) is 25.1 Å². The molecule has 104 valence electrons. The number of hydrogen-bond donors (Lipinski definition) is 1. The predicted octanol–water partition coefficient (Wildman–Crippen LogP) is 2.51. The summed E-state index contributed by atoms with van der Waals surface area (Å²) < 4.78 is 5.27. The quantitative estimate of drug-likeness (QED) is 0.879. The van der Waals surface area contributed by atoms with E-state index in [0.717, 1.165) is 23.0 Å². The second kappa shape index (κ2) is 5.42. The minimum absolute atomic E-state index is 0.00536. The standard InChI is InChI=1S/C15H17N3OS/c1-9-5-6-17-15(18-9)20-13-7-10-3-4-11(19-2)8-12(10)14(13)16/h3-6,8,13-14H,7,16H2,1-2H3. The number of rotatable bonds is 3. The number of methoxy groups -OCH3 is 1. The van der Waals surface area contributed by atoms with E-state index in [1.54, 1.807) is 25.1 Å². The normalized spacial score (nSPS) is 20.8. The molecular weight excluding hydrogens is 270 g/mol. The van der Waals surface area contributed by atoms with Gasteiger partial charge in [-0.1, -0.05) is 17.8 Å². The van der Waals surface area contributed by atoms with Crippen LogP contribution in [0.4, 0.5) is 0 Å². The number of ether oxygens (including phenoxy) is 1. The number of thioether (sulfide) groups is 1. The number of hydrogen-bond acceptors (Lipinski definition) is 5. The summed E-state index contributed by atoms with van der Waals surface area (Å²) in [5.41, 5.74) is 9.82. The summed E-state index contributed by atoms with van der Waals surface area (Å²) in [5, 5.41) is 1.07. The van der Waals surface area contributed by atoms with E-state index in [9.17, 15) is 0 Å². The lowest BCUT2D eigenvalue weighted by atomic mass is 10.1. The van der Waals surface area contributed by atoms with Crippen molar-refractivity contribution in [3.63, 3.8) is 0 Å². The highest BCUT2D eigenvalue weighted by Gasteiger charge is 2.31. The molecule has 0 aliphatic heterocycles. The molecule has 0 bridgehead atoms. The van der Waals surface area contributed by atoms with Crippen LogP contribution >= 0.6 is 11.8 Å². The van der Waals surface area contributed by atoms with Gasteiger partial charge in [-0.05, 0) is 42.7 Å². The van der Waals surface area contributed by atoms with Gasteiger partial charge in [0.2, 0.25) is 0 Å². The van der Waals surface area contributed by atoms with Crippen LogP contribution in [0.3, 0.4) is 0 Å². The van der Waals surface area contributed by atoms with Crippen LogP contribution in [0.2, 0.25) is 0 Å². The summed E-state index contributed by atoms with van der Waals surface area (Å²) in [5.74, 6) is 0.858. The molecule has 4 nitrogen and oxygen atoms in total. The molecule has 0 amide bonds. The fourth-order valence-corrected chi connectivity index (χ4v) is 3.62. The van der Waals surface area contributed by atoms with E-state index < -0.39 is 0 Å². The molecule has 2 unspecified atom stereocenters. The van der Waals surface area contributed by atoms with Gasteiger partial charge in [-0.3, -0.25) is 0 Å². The van der Waals surface area contributed by atoms with E-state index in [1.165, 1.54) is 11.1 Å². The maximum atomic E-state index is 6.37. The van der Waals surface area contributed by atoms with E-state index in [0.29, 0.717) is 0 Å². The largest absolute Gasteiger partial charge is 0.497 e. The van der Waals surface area contributed by atoms with Crippen LogP contribution in [-0.4, -0.2) is 22.3 Å². The summed E-state index contributed by atoms with van der Waals surface area (Å²) in [6.07, 6.45) is 2.74. The van der Waals surface area contributed by atoms with Crippen molar-refractivity contribution in [2.24, 2.45) is 5.73 Å². The van der Waals surface area contributed by atoms with Gasteiger partial charge < -0.3 is 10.5 Å². The summed E-state index contributed by atoms with van der Waals surface area (Å²) in [6, 6.07) is 8.03. The summed E-state index contributed by atoms with van der Waals surface area (Å²) in [4.78, 5) is 8.74. The molecule has 1 aromatic heterocycles. The van der Waals surface area contributed by atoms with E-state index >= 15 is 0 Å². The number of aryl methyl sites for hydroxylation is 1. The van der Waals surface area contributed by atoms with E-state index in [2.05, 4.69) is 16.0 Å². The molecule has 0 saturated heterocycles. The minimum Gasteiger partial charge on any atom is -0.497 e. The first-order valence-electron chi connectivity index (χ1n) is 6.56. The Morgan fingerprint density at radius 3 is 2.95 bits per heavy atom. The summed E-state index contributed by atoms with van der Waals surface area (Å²) in [6.45, 7) is 1.97. The molecule has 1 aromatic carbocycles. The molecule has 0 spiro atoms. The SMILES string of the molecule is COc1ccc2c(c1)C(N)C(Sc1nccc(C)n1)C2. The van der Waals surface area contributed by atoms with Crippen LogP contribution in [0.5, 0.6) is 5.75 Å². The van der Waals surface area contributed by atoms with Crippen LogP contribution in [0.15, 0.2) is 35.6 Å². The van der Waals surface area contributed by atoms with Crippen molar-refractivity contribution in [1.82, 2.24) is 9.97 Å². The Morgan fingerprint density at radius 1 is 1.35 bits per heavy atom. The van der Waals surface area contributed by atoms with Crippen molar-refractivity contribution in [1.29, 1.82) is 0 Å². The van der Waals surface area contributed by atoms with Crippen molar-refractivity contribution in [2.75, 3.05) is 7.11 Å².